The Kier molecular flexibility index (Phi) is 5.97. The van der Waals surface area contributed by atoms with Crippen LogP contribution < -0.4 is 10.1 Å². The van der Waals surface area contributed by atoms with Crippen LogP contribution in [0.5, 0.6) is 5.75 Å². The maximum absolute atomic E-state index is 12.6. The van der Waals surface area contributed by atoms with E-state index in [4.69, 9.17) is 4.74 Å². The van der Waals surface area contributed by atoms with Gasteiger partial charge in [0, 0.05) is 11.3 Å². The van der Waals surface area contributed by atoms with Crippen molar-refractivity contribution in [2.24, 2.45) is 0 Å². The third-order valence-electron chi connectivity index (χ3n) is 4.51. The van der Waals surface area contributed by atoms with Gasteiger partial charge in [0.15, 0.2) is 0 Å². The van der Waals surface area contributed by atoms with E-state index in [1.54, 1.807) is 0 Å². The Morgan fingerprint density at radius 1 is 1.07 bits per heavy atom. The van der Waals surface area contributed by atoms with E-state index >= 15 is 0 Å². The number of rotatable bonds is 6. The number of thiophene rings is 1. The molecule has 1 amide bonds. The van der Waals surface area contributed by atoms with Crippen LogP contribution >= 0.6 is 11.3 Å². The van der Waals surface area contributed by atoms with Crippen molar-refractivity contribution in [1.29, 1.82) is 0 Å². The number of nitrogens with one attached hydrogen (secondary N) is 1. The first-order valence-electron chi connectivity index (χ1n) is 9.15. The van der Waals surface area contributed by atoms with Crippen molar-refractivity contribution in [2.75, 3.05) is 5.32 Å². The van der Waals surface area contributed by atoms with Crippen LogP contribution in [0, 0.1) is 20.8 Å². The van der Waals surface area contributed by atoms with E-state index in [-0.39, 0.29) is 5.91 Å². The normalized spacial score (nSPS) is 10.7. The van der Waals surface area contributed by atoms with Crippen LogP contribution in [0.1, 0.15) is 44.4 Å². The monoisotopic (exact) mass is 379 g/mol. The van der Waals surface area contributed by atoms with Gasteiger partial charge in [0.05, 0.1) is 4.88 Å². The number of aryl methyl sites for hydroxylation is 4. The Balaban J connectivity index is 1.67. The lowest BCUT2D eigenvalue weighted by Crippen LogP contribution is -2.11. The molecule has 2 aromatic carbocycles. The van der Waals surface area contributed by atoms with Crippen LogP contribution in [-0.2, 0) is 13.0 Å². The van der Waals surface area contributed by atoms with Crippen molar-refractivity contribution < 1.29 is 9.53 Å². The summed E-state index contributed by atoms with van der Waals surface area (Å²) in [5, 5.41) is 5.01. The molecule has 0 unspecified atom stereocenters. The lowest BCUT2D eigenvalue weighted by molar-refractivity contribution is 0.103. The van der Waals surface area contributed by atoms with Gasteiger partial charge in [-0.15, -0.1) is 11.3 Å². The molecule has 3 rings (SSSR count). The predicted molar refractivity (Wildman–Crippen MR) is 113 cm³/mol. The van der Waals surface area contributed by atoms with Gasteiger partial charge in [-0.25, -0.2) is 0 Å². The quantitative estimate of drug-likeness (QED) is 0.565. The SMILES string of the molecule is CCc1ccccc1NC(=O)c1cc(COc2c(C)cc(C)cc2C)cs1. The number of carbonyl (C=O) groups is 1. The Labute approximate surface area is 165 Å². The second-order valence-electron chi connectivity index (χ2n) is 6.80. The number of anilines is 1. The fraction of sp³-hybridized carbons (Fsp3) is 0.261. The lowest BCUT2D eigenvalue weighted by atomic mass is 10.1. The average Bonchev–Trinajstić information content (AvgIpc) is 3.10. The van der Waals surface area contributed by atoms with Crippen LogP contribution in [0.25, 0.3) is 0 Å². The molecular weight excluding hydrogens is 354 g/mol. The van der Waals surface area contributed by atoms with Crippen molar-refractivity contribution in [3.8, 4) is 5.75 Å². The number of hydrogen-bond donors (Lipinski definition) is 1. The van der Waals surface area contributed by atoms with Crippen LogP contribution in [0.15, 0.2) is 47.8 Å². The number of ether oxygens (including phenoxy) is 1. The Bertz CT molecular complexity index is 936. The number of amides is 1. The fourth-order valence-electron chi connectivity index (χ4n) is 3.25. The minimum atomic E-state index is -0.0742. The van der Waals surface area contributed by atoms with E-state index < -0.39 is 0 Å². The molecular formula is C23H25NO2S. The average molecular weight is 380 g/mol. The van der Waals surface area contributed by atoms with Gasteiger partial charge in [-0.2, -0.15) is 0 Å². The minimum absolute atomic E-state index is 0.0742. The molecule has 0 aliphatic carbocycles. The molecule has 0 saturated heterocycles. The molecule has 3 aromatic rings. The van der Waals surface area contributed by atoms with E-state index in [1.807, 2.05) is 35.7 Å². The molecule has 3 nitrogen and oxygen atoms in total. The van der Waals surface area contributed by atoms with Gasteiger partial charge in [-0.05, 0) is 61.4 Å². The van der Waals surface area contributed by atoms with E-state index in [0.29, 0.717) is 11.5 Å². The summed E-state index contributed by atoms with van der Waals surface area (Å²) < 4.78 is 6.03. The molecule has 1 N–H and O–H groups in total. The summed E-state index contributed by atoms with van der Waals surface area (Å²) >= 11 is 1.44. The molecule has 0 saturated carbocycles. The van der Waals surface area contributed by atoms with Gasteiger partial charge in [-0.1, -0.05) is 42.8 Å². The van der Waals surface area contributed by atoms with E-state index in [2.05, 4.69) is 45.1 Å². The highest BCUT2D eigenvalue weighted by molar-refractivity contribution is 7.12. The minimum Gasteiger partial charge on any atom is -0.488 e. The Morgan fingerprint density at radius 3 is 2.48 bits per heavy atom. The van der Waals surface area contributed by atoms with Crippen molar-refractivity contribution >= 4 is 22.9 Å². The second-order valence-corrected chi connectivity index (χ2v) is 7.71. The van der Waals surface area contributed by atoms with Crippen molar-refractivity contribution in [2.45, 2.75) is 40.7 Å². The van der Waals surface area contributed by atoms with Gasteiger partial charge in [0.25, 0.3) is 5.91 Å². The number of benzene rings is 2. The van der Waals surface area contributed by atoms with E-state index in [0.717, 1.165) is 40.1 Å². The second kappa shape index (κ2) is 8.40. The molecule has 0 aliphatic heterocycles. The van der Waals surface area contributed by atoms with Crippen LogP contribution in [0.3, 0.4) is 0 Å². The van der Waals surface area contributed by atoms with Gasteiger partial charge in [0.1, 0.15) is 12.4 Å². The largest absolute Gasteiger partial charge is 0.488 e. The van der Waals surface area contributed by atoms with Gasteiger partial charge in [0.2, 0.25) is 0 Å². The van der Waals surface area contributed by atoms with Gasteiger partial charge < -0.3 is 10.1 Å². The molecule has 140 valence electrons. The highest BCUT2D eigenvalue weighted by atomic mass is 32.1. The Hall–Kier alpha value is -2.59. The van der Waals surface area contributed by atoms with Crippen molar-refractivity contribution in [3.05, 3.63) is 80.5 Å². The Morgan fingerprint density at radius 2 is 1.78 bits per heavy atom. The summed E-state index contributed by atoms with van der Waals surface area (Å²) in [6.07, 6.45) is 0.884. The first-order chi connectivity index (χ1) is 13.0. The molecule has 0 radical (unpaired) electrons. The van der Waals surface area contributed by atoms with Crippen LogP contribution in [0.4, 0.5) is 5.69 Å². The van der Waals surface area contributed by atoms with Gasteiger partial charge >= 0.3 is 0 Å². The van der Waals surface area contributed by atoms with E-state index in [1.165, 1.54) is 16.9 Å². The molecule has 0 bridgehead atoms. The zero-order valence-corrected chi connectivity index (χ0v) is 17.1. The maximum atomic E-state index is 12.6. The molecule has 0 spiro atoms. The highest BCUT2D eigenvalue weighted by Gasteiger charge is 2.12. The van der Waals surface area contributed by atoms with Crippen LogP contribution in [0.2, 0.25) is 0 Å². The molecule has 1 aromatic heterocycles. The molecule has 4 heteroatoms. The first-order valence-corrected chi connectivity index (χ1v) is 10.0. The summed E-state index contributed by atoms with van der Waals surface area (Å²) in [5.74, 6) is 0.851. The van der Waals surface area contributed by atoms with Crippen LogP contribution in [-0.4, -0.2) is 5.91 Å². The number of hydrogen-bond acceptors (Lipinski definition) is 3. The molecule has 0 atom stereocenters. The maximum Gasteiger partial charge on any atom is 0.265 e. The summed E-state index contributed by atoms with van der Waals surface area (Å²) in [5.41, 5.74) is 6.53. The lowest BCUT2D eigenvalue weighted by Gasteiger charge is -2.12. The van der Waals surface area contributed by atoms with Gasteiger partial charge in [-0.3, -0.25) is 4.79 Å². The summed E-state index contributed by atoms with van der Waals surface area (Å²) in [6.45, 7) is 8.75. The topological polar surface area (TPSA) is 38.3 Å². The predicted octanol–water partition coefficient (Wildman–Crippen LogP) is 6.07. The smallest absolute Gasteiger partial charge is 0.265 e. The molecule has 0 fully saturated rings. The van der Waals surface area contributed by atoms with Crippen molar-refractivity contribution in [1.82, 2.24) is 0 Å². The highest BCUT2D eigenvalue weighted by Crippen LogP contribution is 2.26. The molecule has 0 aliphatic rings. The first kappa shape index (κ1) is 19.2. The zero-order chi connectivity index (χ0) is 19.4. The fourth-order valence-corrected chi connectivity index (χ4v) is 4.05. The van der Waals surface area contributed by atoms with Crippen molar-refractivity contribution in [3.63, 3.8) is 0 Å². The summed E-state index contributed by atoms with van der Waals surface area (Å²) in [6, 6.07) is 14.1. The third-order valence-corrected chi connectivity index (χ3v) is 5.49. The standard InChI is InChI=1S/C23H25NO2S/c1-5-19-8-6-7-9-20(19)24-23(25)21-12-18(14-27-21)13-26-22-16(3)10-15(2)11-17(22)4/h6-12,14H,5,13H2,1-4H3,(H,24,25). The molecule has 27 heavy (non-hydrogen) atoms. The summed E-state index contributed by atoms with van der Waals surface area (Å²) in [7, 11) is 0. The number of para-hydroxylation sites is 1. The zero-order valence-electron chi connectivity index (χ0n) is 16.3. The summed E-state index contributed by atoms with van der Waals surface area (Å²) in [4.78, 5) is 13.3. The molecule has 1 heterocycles. The third kappa shape index (κ3) is 4.58. The number of carbonyl (C=O) groups excluding carboxylic acids is 1. The van der Waals surface area contributed by atoms with E-state index in [9.17, 15) is 4.79 Å².